The van der Waals surface area contributed by atoms with Gasteiger partial charge in [0.2, 0.25) is 0 Å². The predicted molar refractivity (Wildman–Crippen MR) is 116 cm³/mol. The van der Waals surface area contributed by atoms with Gasteiger partial charge in [0.15, 0.2) is 12.2 Å². The number of aromatic nitrogens is 2. The van der Waals surface area contributed by atoms with Gasteiger partial charge in [-0.25, -0.2) is 4.98 Å². The number of nitrogens with one attached hydrogen (secondary N) is 1. The molecule has 0 saturated carbocycles. The van der Waals surface area contributed by atoms with Crippen molar-refractivity contribution in [3.8, 4) is 22.5 Å². The quantitative estimate of drug-likeness (QED) is 0.519. The topological polar surface area (TPSA) is 100 Å². The Hall–Kier alpha value is -3.87. The van der Waals surface area contributed by atoms with Gasteiger partial charge in [0.1, 0.15) is 6.09 Å². The van der Waals surface area contributed by atoms with Gasteiger partial charge < -0.3 is 24.2 Å². The number of pyridine rings is 1. The van der Waals surface area contributed by atoms with E-state index < -0.39 is 6.09 Å². The van der Waals surface area contributed by atoms with E-state index in [1.165, 1.54) is 6.39 Å². The van der Waals surface area contributed by atoms with E-state index in [0.29, 0.717) is 23.4 Å². The van der Waals surface area contributed by atoms with Crippen LogP contribution in [0.4, 0.5) is 4.79 Å². The number of oxazole rings is 1. The summed E-state index contributed by atoms with van der Waals surface area (Å²) in [5, 5.41) is 14.8. The fourth-order valence-electron chi connectivity index (χ4n) is 3.83. The molecule has 4 aromatic rings. The summed E-state index contributed by atoms with van der Waals surface area (Å²) in [5.41, 5.74) is 2.89. The molecule has 0 radical (unpaired) electrons. The number of amides is 1. The number of fused-ring (bicyclic) bond motifs is 1. The molecule has 2 aromatic heterocycles. The Morgan fingerprint density at radius 2 is 1.90 bits per heavy atom. The highest BCUT2D eigenvalue weighted by atomic mass is 16.4. The molecule has 0 aliphatic heterocycles. The van der Waals surface area contributed by atoms with Crippen molar-refractivity contribution in [2.75, 3.05) is 0 Å². The van der Waals surface area contributed by atoms with Crippen LogP contribution in [0.5, 0.6) is 0 Å². The summed E-state index contributed by atoms with van der Waals surface area (Å²) in [6.45, 7) is 4.45. The normalized spacial score (nSPS) is 11.2. The highest BCUT2D eigenvalue weighted by Gasteiger charge is 2.19. The average molecular weight is 416 g/mol. The van der Waals surface area contributed by atoms with Crippen molar-refractivity contribution < 1.29 is 14.3 Å². The van der Waals surface area contributed by atoms with Gasteiger partial charge in [0.25, 0.3) is 5.56 Å². The summed E-state index contributed by atoms with van der Waals surface area (Å²) in [6.07, 6.45) is 1.58. The molecule has 0 saturated heterocycles. The van der Waals surface area contributed by atoms with E-state index in [2.05, 4.69) is 10.3 Å². The van der Waals surface area contributed by atoms with Gasteiger partial charge in [-0.2, -0.15) is 0 Å². The number of carbonyl (C=O) groups excluding carboxylic acids is 1. The SMILES string of the molecule is CC(C)Cn1c(CNC(=O)[O-])c(-c2ccccc2)c2cc(-c3cnco3)ccc2c1=O. The maximum atomic E-state index is 13.4. The number of nitrogens with zero attached hydrogens (tertiary/aromatic N) is 2. The Bertz CT molecular complexity index is 1280. The smallest absolute Gasteiger partial charge is 0.258 e. The van der Waals surface area contributed by atoms with Crippen LogP contribution in [0.3, 0.4) is 0 Å². The average Bonchev–Trinajstić information content (AvgIpc) is 3.29. The Labute approximate surface area is 179 Å². The van der Waals surface area contributed by atoms with E-state index in [4.69, 9.17) is 4.42 Å². The number of carboxylic acid groups (broad SMARTS) is 1. The van der Waals surface area contributed by atoms with Crippen LogP contribution in [0.2, 0.25) is 0 Å². The number of carbonyl (C=O) groups is 1. The summed E-state index contributed by atoms with van der Waals surface area (Å²) in [5.74, 6) is 0.774. The molecule has 2 heterocycles. The van der Waals surface area contributed by atoms with E-state index in [-0.39, 0.29) is 18.0 Å². The zero-order chi connectivity index (χ0) is 22.0. The molecule has 158 valence electrons. The van der Waals surface area contributed by atoms with Crippen LogP contribution in [0.15, 0.2) is 70.3 Å². The largest absolute Gasteiger partial charge is 0.530 e. The molecule has 0 spiro atoms. The van der Waals surface area contributed by atoms with E-state index >= 15 is 0 Å². The third-order valence-corrected chi connectivity index (χ3v) is 5.11. The van der Waals surface area contributed by atoms with Crippen molar-refractivity contribution >= 4 is 16.9 Å². The van der Waals surface area contributed by atoms with E-state index in [9.17, 15) is 14.7 Å². The Kier molecular flexibility index (Phi) is 5.58. The van der Waals surface area contributed by atoms with Gasteiger partial charge in [-0.05, 0) is 29.0 Å². The molecule has 4 rings (SSSR count). The third-order valence-electron chi connectivity index (χ3n) is 5.11. The molecule has 7 nitrogen and oxygen atoms in total. The zero-order valence-electron chi connectivity index (χ0n) is 17.3. The fraction of sp³-hybridized carbons (Fsp3) is 0.208. The molecular weight excluding hydrogens is 394 g/mol. The molecule has 2 aromatic carbocycles. The summed E-state index contributed by atoms with van der Waals surface area (Å²) in [4.78, 5) is 28.6. The fourth-order valence-corrected chi connectivity index (χ4v) is 3.83. The molecular formula is C24H22N3O4-. The predicted octanol–water partition coefficient (Wildman–Crippen LogP) is 3.41. The monoisotopic (exact) mass is 416 g/mol. The molecule has 0 unspecified atom stereocenters. The summed E-state index contributed by atoms with van der Waals surface area (Å²) >= 11 is 0. The van der Waals surface area contributed by atoms with Crippen LogP contribution in [-0.2, 0) is 13.1 Å². The van der Waals surface area contributed by atoms with Crippen molar-refractivity contribution in [3.63, 3.8) is 0 Å². The summed E-state index contributed by atoms with van der Waals surface area (Å²) < 4.78 is 7.10. The first-order valence-electron chi connectivity index (χ1n) is 10.0. The van der Waals surface area contributed by atoms with Crippen molar-refractivity contribution in [1.82, 2.24) is 14.9 Å². The lowest BCUT2D eigenvalue weighted by molar-refractivity contribution is -0.251. The van der Waals surface area contributed by atoms with Crippen molar-refractivity contribution in [2.24, 2.45) is 5.92 Å². The van der Waals surface area contributed by atoms with E-state index in [1.807, 2.05) is 56.3 Å². The van der Waals surface area contributed by atoms with Gasteiger partial charge in [-0.1, -0.05) is 50.2 Å². The molecule has 31 heavy (non-hydrogen) atoms. The molecule has 0 aliphatic rings. The summed E-state index contributed by atoms with van der Waals surface area (Å²) in [7, 11) is 0. The minimum absolute atomic E-state index is 0.0446. The number of hydrogen-bond acceptors (Lipinski definition) is 5. The lowest BCUT2D eigenvalue weighted by atomic mass is 9.94. The lowest BCUT2D eigenvalue weighted by Crippen LogP contribution is -2.38. The zero-order valence-corrected chi connectivity index (χ0v) is 17.3. The first-order chi connectivity index (χ1) is 15.0. The second-order valence-electron chi connectivity index (χ2n) is 7.76. The third kappa shape index (κ3) is 4.07. The van der Waals surface area contributed by atoms with Crippen LogP contribution in [0.1, 0.15) is 19.5 Å². The lowest BCUT2D eigenvalue weighted by Gasteiger charge is -2.22. The van der Waals surface area contributed by atoms with Crippen molar-refractivity contribution in [2.45, 2.75) is 26.9 Å². The van der Waals surface area contributed by atoms with Crippen LogP contribution < -0.4 is 16.0 Å². The molecule has 7 heteroatoms. The Morgan fingerprint density at radius 1 is 1.13 bits per heavy atom. The molecule has 0 aliphatic carbocycles. The molecule has 0 fully saturated rings. The number of benzene rings is 2. The second kappa shape index (κ2) is 8.47. The van der Waals surface area contributed by atoms with E-state index in [1.54, 1.807) is 16.8 Å². The molecule has 1 amide bonds. The summed E-state index contributed by atoms with van der Waals surface area (Å²) in [6, 6.07) is 15.1. The number of hydrogen-bond donors (Lipinski definition) is 1. The van der Waals surface area contributed by atoms with Crippen LogP contribution in [-0.4, -0.2) is 15.6 Å². The molecule has 0 bridgehead atoms. The molecule has 1 N–H and O–H groups in total. The van der Waals surface area contributed by atoms with Crippen LogP contribution in [0, 0.1) is 5.92 Å². The van der Waals surface area contributed by atoms with Crippen molar-refractivity contribution in [3.05, 3.63) is 77.2 Å². The van der Waals surface area contributed by atoms with Gasteiger partial charge in [-0.3, -0.25) is 4.79 Å². The van der Waals surface area contributed by atoms with Gasteiger partial charge in [-0.15, -0.1) is 0 Å². The maximum absolute atomic E-state index is 13.4. The first-order valence-corrected chi connectivity index (χ1v) is 10.0. The molecule has 0 atom stereocenters. The van der Waals surface area contributed by atoms with Crippen LogP contribution in [0.25, 0.3) is 33.2 Å². The second-order valence-corrected chi connectivity index (χ2v) is 7.76. The Morgan fingerprint density at radius 3 is 2.55 bits per heavy atom. The minimum atomic E-state index is -1.39. The Balaban J connectivity index is 2.09. The highest BCUT2D eigenvalue weighted by Crippen LogP contribution is 2.34. The first kappa shape index (κ1) is 20.4. The van der Waals surface area contributed by atoms with Gasteiger partial charge in [0.05, 0.1) is 12.7 Å². The highest BCUT2D eigenvalue weighted by molar-refractivity contribution is 5.99. The maximum Gasteiger partial charge on any atom is 0.258 e. The van der Waals surface area contributed by atoms with Gasteiger partial charge in [0, 0.05) is 28.8 Å². The number of rotatable bonds is 6. The van der Waals surface area contributed by atoms with Gasteiger partial charge >= 0.3 is 0 Å². The van der Waals surface area contributed by atoms with Crippen molar-refractivity contribution in [1.29, 1.82) is 0 Å². The van der Waals surface area contributed by atoms with E-state index in [0.717, 1.165) is 22.1 Å². The minimum Gasteiger partial charge on any atom is -0.530 e. The standard InChI is InChI=1S/C24H23N3O4/c1-15(2)13-27-20(11-26-24(29)30)22(16-6-4-3-5-7-16)19-10-17(21-12-25-14-31-21)8-9-18(19)23(27)28/h3-10,12,14-15,26H,11,13H2,1-2H3,(H,29,30)/p-1. The van der Waals surface area contributed by atoms with Crippen LogP contribution >= 0.6 is 0 Å².